The van der Waals surface area contributed by atoms with E-state index in [-0.39, 0.29) is 5.78 Å². The summed E-state index contributed by atoms with van der Waals surface area (Å²) in [6.07, 6.45) is 1.70. The molecule has 0 radical (unpaired) electrons. The number of hydrogen-bond acceptors (Lipinski definition) is 4. The second kappa shape index (κ2) is 6.41. The van der Waals surface area contributed by atoms with Crippen molar-refractivity contribution in [2.45, 2.75) is 0 Å². The number of pyridine rings is 1. The lowest BCUT2D eigenvalue weighted by Gasteiger charge is -2.07. The van der Waals surface area contributed by atoms with Crippen molar-refractivity contribution in [3.63, 3.8) is 0 Å². The van der Waals surface area contributed by atoms with Crippen LogP contribution in [0.15, 0.2) is 54.7 Å². The first-order chi connectivity index (χ1) is 10.8. The zero-order valence-electron chi connectivity index (χ0n) is 12.2. The predicted molar refractivity (Wildman–Crippen MR) is 82.4 cm³/mol. The molecular formula is C17H16N2O3. The van der Waals surface area contributed by atoms with Crippen LogP contribution in [0, 0.1) is 0 Å². The fourth-order valence-corrected chi connectivity index (χ4v) is 2.18. The number of imidazole rings is 1. The Labute approximate surface area is 128 Å². The molecule has 2 heterocycles. The molecule has 0 fully saturated rings. The minimum absolute atomic E-state index is 0.104. The number of nitrogens with zero attached hydrogens (tertiary/aromatic N) is 2. The molecule has 0 amide bonds. The van der Waals surface area contributed by atoms with E-state index in [4.69, 9.17) is 9.47 Å². The average Bonchev–Trinajstić information content (AvgIpc) is 3.00. The Morgan fingerprint density at radius 2 is 1.91 bits per heavy atom. The first-order valence-corrected chi connectivity index (χ1v) is 6.99. The van der Waals surface area contributed by atoms with Crippen molar-refractivity contribution in [1.29, 1.82) is 0 Å². The summed E-state index contributed by atoms with van der Waals surface area (Å²) in [6, 6.07) is 14.6. The Morgan fingerprint density at radius 3 is 2.68 bits per heavy atom. The Bertz CT molecular complexity index is 781. The van der Waals surface area contributed by atoms with E-state index < -0.39 is 0 Å². The molecule has 0 aliphatic carbocycles. The highest BCUT2D eigenvalue weighted by molar-refractivity contribution is 6.07. The lowest BCUT2D eigenvalue weighted by molar-refractivity contribution is 0.103. The van der Waals surface area contributed by atoms with Gasteiger partial charge in [-0.05, 0) is 12.1 Å². The number of benzene rings is 1. The van der Waals surface area contributed by atoms with Gasteiger partial charge in [0.05, 0.1) is 6.61 Å². The number of aromatic nitrogens is 2. The van der Waals surface area contributed by atoms with Crippen LogP contribution >= 0.6 is 0 Å². The highest BCUT2D eigenvalue weighted by Gasteiger charge is 2.14. The summed E-state index contributed by atoms with van der Waals surface area (Å²) >= 11 is 0. The number of ether oxygens (including phenoxy) is 2. The Morgan fingerprint density at radius 1 is 1.09 bits per heavy atom. The summed E-state index contributed by atoms with van der Waals surface area (Å²) in [5.74, 6) is 0.529. The second-order valence-electron chi connectivity index (χ2n) is 4.75. The van der Waals surface area contributed by atoms with Crippen molar-refractivity contribution in [3.05, 3.63) is 66.0 Å². The maximum Gasteiger partial charge on any atom is 0.212 e. The van der Waals surface area contributed by atoms with Crippen molar-refractivity contribution in [2.24, 2.45) is 0 Å². The fourth-order valence-electron chi connectivity index (χ4n) is 2.18. The molecule has 22 heavy (non-hydrogen) atoms. The van der Waals surface area contributed by atoms with Crippen LogP contribution in [0.1, 0.15) is 16.1 Å². The van der Waals surface area contributed by atoms with Crippen LogP contribution in [0.5, 0.6) is 5.88 Å². The van der Waals surface area contributed by atoms with Gasteiger partial charge < -0.3 is 9.47 Å². The van der Waals surface area contributed by atoms with Crippen molar-refractivity contribution in [2.75, 3.05) is 20.3 Å². The molecule has 5 heteroatoms. The summed E-state index contributed by atoms with van der Waals surface area (Å²) < 4.78 is 12.4. The third-order valence-corrected chi connectivity index (χ3v) is 3.26. The molecule has 0 unspecified atom stereocenters. The largest absolute Gasteiger partial charge is 0.476 e. The van der Waals surface area contributed by atoms with Gasteiger partial charge in [0.25, 0.3) is 0 Å². The molecule has 0 aliphatic heterocycles. The van der Waals surface area contributed by atoms with Gasteiger partial charge in [-0.25, -0.2) is 4.98 Å². The van der Waals surface area contributed by atoms with Crippen LogP contribution in [0.25, 0.3) is 5.65 Å². The molecule has 112 valence electrons. The van der Waals surface area contributed by atoms with Gasteiger partial charge in [0, 0.05) is 18.9 Å². The number of rotatable bonds is 6. The number of methoxy groups -OCH3 is 1. The zero-order chi connectivity index (χ0) is 15.4. The van der Waals surface area contributed by atoms with Crippen LogP contribution in [0.2, 0.25) is 0 Å². The van der Waals surface area contributed by atoms with E-state index in [2.05, 4.69) is 4.98 Å². The van der Waals surface area contributed by atoms with Gasteiger partial charge in [-0.2, -0.15) is 0 Å². The first-order valence-electron chi connectivity index (χ1n) is 6.99. The fraction of sp³-hybridized carbons (Fsp3) is 0.176. The third-order valence-electron chi connectivity index (χ3n) is 3.26. The molecule has 0 saturated carbocycles. The lowest BCUT2D eigenvalue weighted by atomic mass is 10.1. The molecule has 0 aliphatic rings. The van der Waals surface area contributed by atoms with Crippen molar-refractivity contribution in [1.82, 2.24) is 9.38 Å². The minimum Gasteiger partial charge on any atom is -0.476 e. The summed E-state index contributed by atoms with van der Waals surface area (Å²) in [5.41, 5.74) is 1.69. The third kappa shape index (κ3) is 2.84. The van der Waals surface area contributed by atoms with Crippen LogP contribution in [0.3, 0.4) is 0 Å². The minimum atomic E-state index is -0.104. The second-order valence-corrected chi connectivity index (χ2v) is 4.75. The van der Waals surface area contributed by atoms with Crippen molar-refractivity contribution < 1.29 is 14.3 Å². The monoisotopic (exact) mass is 296 g/mol. The van der Waals surface area contributed by atoms with Gasteiger partial charge in [0.15, 0.2) is 5.88 Å². The number of hydrogen-bond donors (Lipinski definition) is 0. The molecule has 0 bridgehead atoms. The molecule has 2 aromatic heterocycles. The average molecular weight is 296 g/mol. The first kappa shape index (κ1) is 14.3. The van der Waals surface area contributed by atoms with E-state index >= 15 is 0 Å². The SMILES string of the molecule is COCCOc1cccc2nc(C(=O)c3ccccc3)cn12. The standard InChI is InChI=1S/C17H16N2O3/c1-21-10-11-22-16-9-5-8-15-18-14(12-19(15)16)17(20)13-6-3-2-4-7-13/h2-9,12H,10-11H2,1H3. The molecule has 3 aromatic rings. The van der Waals surface area contributed by atoms with Crippen LogP contribution < -0.4 is 4.74 Å². The van der Waals surface area contributed by atoms with Crippen LogP contribution in [0.4, 0.5) is 0 Å². The molecule has 1 aromatic carbocycles. The number of carbonyl (C=O) groups is 1. The van der Waals surface area contributed by atoms with Crippen molar-refractivity contribution >= 4 is 11.4 Å². The Balaban J connectivity index is 1.92. The Kier molecular flexibility index (Phi) is 4.16. The highest BCUT2D eigenvalue weighted by Crippen LogP contribution is 2.17. The van der Waals surface area contributed by atoms with Crippen LogP contribution in [-0.4, -0.2) is 35.5 Å². The van der Waals surface area contributed by atoms with E-state index in [1.165, 1.54) is 0 Å². The van der Waals surface area contributed by atoms with Gasteiger partial charge in [-0.3, -0.25) is 9.20 Å². The highest BCUT2D eigenvalue weighted by atomic mass is 16.5. The molecule has 0 saturated heterocycles. The molecule has 3 rings (SSSR count). The van der Waals surface area contributed by atoms with Gasteiger partial charge >= 0.3 is 0 Å². The number of carbonyl (C=O) groups excluding carboxylic acids is 1. The molecule has 0 spiro atoms. The Hall–Kier alpha value is -2.66. The van der Waals surface area contributed by atoms with E-state index in [1.807, 2.05) is 36.4 Å². The smallest absolute Gasteiger partial charge is 0.212 e. The van der Waals surface area contributed by atoms with Gasteiger partial charge in [-0.1, -0.05) is 36.4 Å². The van der Waals surface area contributed by atoms with E-state index in [9.17, 15) is 4.79 Å². The molecular weight excluding hydrogens is 280 g/mol. The molecule has 5 nitrogen and oxygen atoms in total. The normalized spacial score (nSPS) is 10.8. The van der Waals surface area contributed by atoms with Gasteiger partial charge in [0.2, 0.25) is 5.78 Å². The van der Waals surface area contributed by atoms with E-state index in [1.54, 1.807) is 29.8 Å². The maximum absolute atomic E-state index is 12.5. The summed E-state index contributed by atoms with van der Waals surface area (Å²) in [4.78, 5) is 16.8. The molecule has 0 atom stereocenters. The quantitative estimate of drug-likeness (QED) is 0.518. The zero-order valence-corrected chi connectivity index (χ0v) is 12.2. The van der Waals surface area contributed by atoms with Crippen LogP contribution in [-0.2, 0) is 4.74 Å². The van der Waals surface area contributed by atoms with E-state index in [0.29, 0.717) is 36.0 Å². The number of fused-ring (bicyclic) bond motifs is 1. The maximum atomic E-state index is 12.5. The summed E-state index contributed by atoms with van der Waals surface area (Å²) in [6.45, 7) is 0.941. The predicted octanol–water partition coefficient (Wildman–Crippen LogP) is 2.59. The molecule has 0 N–H and O–H groups in total. The topological polar surface area (TPSA) is 52.8 Å². The van der Waals surface area contributed by atoms with Gasteiger partial charge in [-0.15, -0.1) is 0 Å². The van der Waals surface area contributed by atoms with Crippen molar-refractivity contribution in [3.8, 4) is 5.88 Å². The lowest BCUT2D eigenvalue weighted by Crippen LogP contribution is -2.06. The van der Waals surface area contributed by atoms with E-state index in [0.717, 1.165) is 0 Å². The summed E-state index contributed by atoms with van der Waals surface area (Å²) in [7, 11) is 1.62. The number of ketones is 1. The summed E-state index contributed by atoms with van der Waals surface area (Å²) in [5, 5.41) is 0. The van der Waals surface area contributed by atoms with Gasteiger partial charge in [0.1, 0.15) is 17.9 Å².